The van der Waals surface area contributed by atoms with Crippen molar-refractivity contribution >= 4 is 11.9 Å². The summed E-state index contributed by atoms with van der Waals surface area (Å²) in [5.74, 6) is -0.436. The fourth-order valence-corrected chi connectivity index (χ4v) is 4.15. The van der Waals surface area contributed by atoms with Crippen molar-refractivity contribution in [2.24, 2.45) is 23.7 Å². The van der Waals surface area contributed by atoms with Crippen molar-refractivity contribution in [2.75, 3.05) is 0 Å². The number of benzene rings is 1. The lowest BCUT2D eigenvalue weighted by atomic mass is 9.80. The Bertz CT molecular complexity index is 551. The van der Waals surface area contributed by atoms with Crippen LogP contribution in [0.5, 0.6) is 0 Å². The predicted octanol–water partition coefficient (Wildman–Crippen LogP) is 1.93. The first-order valence-electron chi connectivity index (χ1n) is 7.15. The van der Waals surface area contributed by atoms with Crippen LogP contribution in [0.15, 0.2) is 30.3 Å². The predicted molar refractivity (Wildman–Crippen MR) is 69.3 cm³/mol. The van der Waals surface area contributed by atoms with Crippen molar-refractivity contribution < 1.29 is 19.1 Å². The van der Waals surface area contributed by atoms with Crippen LogP contribution in [0, 0.1) is 23.7 Å². The summed E-state index contributed by atoms with van der Waals surface area (Å²) in [4.78, 5) is 24.2. The van der Waals surface area contributed by atoms with Gasteiger partial charge in [-0.05, 0) is 24.3 Å². The summed E-state index contributed by atoms with van der Waals surface area (Å²) in [5, 5.41) is 0. The molecule has 1 aromatic carbocycles. The Labute approximate surface area is 117 Å². The van der Waals surface area contributed by atoms with Crippen LogP contribution < -0.4 is 0 Å². The van der Waals surface area contributed by atoms with Gasteiger partial charge in [-0.1, -0.05) is 30.3 Å². The van der Waals surface area contributed by atoms with E-state index in [0.29, 0.717) is 0 Å². The number of fused-ring (bicyclic) bond motifs is 1. The second kappa shape index (κ2) is 4.33. The molecule has 2 unspecified atom stereocenters. The highest BCUT2D eigenvalue weighted by atomic mass is 16.6. The van der Waals surface area contributed by atoms with E-state index in [4.69, 9.17) is 9.47 Å². The molecule has 0 radical (unpaired) electrons. The van der Waals surface area contributed by atoms with Gasteiger partial charge >= 0.3 is 11.9 Å². The Kier molecular flexibility index (Phi) is 2.59. The van der Waals surface area contributed by atoms with E-state index in [2.05, 4.69) is 0 Å². The van der Waals surface area contributed by atoms with Gasteiger partial charge in [-0.2, -0.15) is 0 Å². The zero-order valence-electron chi connectivity index (χ0n) is 11.0. The Hall–Kier alpha value is -1.84. The van der Waals surface area contributed by atoms with Crippen molar-refractivity contribution in [1.29, 1.82) is 0 Å². The largest absolute Gasteiger partial charge is 0.462 e. The lowest BCUT2D eigenvalue weighted by molar-refractivity contribution is -0.156. The molecule has 4 rings (SSSR count). The molecular weight excluding hydrogens is 256 g/mol. The van der Waals surface area contributed by atoms with E-state index in [1.165, 1.54) is 0 Å². The molecule has 1 aromatic rings. The average molecular weight is 272 g/mol. The van der Waals surface area contributed by atoms with Gasteiger partial charge in [-0.15, -0.1) is 0 Å². The average Bonchev–Trinajstić information content (AvgIpc) is 3.07. The van der Waals surface area contributed by atoms with Gasteiger partial charge in [0.25, 0.3) is 0 Å². The van der Waals surface area contributed by atoms with Crippen LogP contribution in [0.1, 0.15) is 18.4 Å². The molecule has 1 saturated heterocycles. The molecule has 1 heterocycles. The molecule has 3 aliphatic rings. The van der Waals surface area contributed by atoms with E-state index < -0.39 is 0 Å². The van der Waals surface area contributed by atoms with Crippen LogP contribution in [0.25, 0.3) is 0 Å². The quantitative estimate of drug-likeness (QED) is 0.789. The first kappa shape index (κ1) is 11.9. The highest BCUT2D eigenvalue weighted by Crippen LogP contribution is 2.57. The molecule has 3 fully saturated rings. The van der Waals surface area contributed by atoms with Crippen molar-refractivity contribution in [2.45, 2.75) is 25.6 Å². The molecule has 0 amide bonds. The summed E-state index contributed by atoms with van der Waals surface area (Å²) in [6, 6.07) is 9.61. The van der Waals surface area contributed by atoms with Crippen LogP contribution in [-0.4, -0.2) is 18.0 Å². The van der Waals surface area contributed by atoms with E-state index in [1.807, 2.05) is 30.3 Å². The number of esters is 2. The van der Waals surface area contributed by atoms with Gasteiger partial charge in [-0.25, -0.2) is 0 Å². The topological polar surface area (TPSA) is 52.6 Å². The standard InChI is InChI=1S/C16H16O4/c17-15(19-8-9-4-2-1-3-5-9)13-10-6-11-12(7-10)20-16(18)14(11)13/h1-5,10-14H,6-8H2/t10-,11-,12?,13+,14?/m1/s1. The van der Waals surface area contributed by atoms with Crippen LogP contribution in [0.2, 0.25) is 0 Å². The molecule has 5 atom stereocenters. The summed E-state index contributed by atoms with van der Waals surface area (Å²) in [6.07, 6.45) is 1.83. The van der Waals surface area contributed by atoms with Crippen LogP contribution in [0.3, 0.4) is 0 Å². The Balaban J connectivity index is 1.46. The maximum absolute atomic E-state index is 12.3. The van der Waals surface area contributed by atoms with Gasteiger partial charge in [0.1, 0.15) is 12.7 Å². The molecule has 104 valence electrons. The second-order valence-corrected chi connectivity index (χ2v) is 6.02. The Morgan fingerprint density at radius 2 is 2.05 bits per heavy atom. The first-order chi connectivity index (χ1) is 9.74. The molecule has 4 nitrogen and oxygen atoms in total. The third-order valence-electron chi connectivity index (χ3n) is 4.98. The van der Waals surface area contributed by atoms with E-state index in [9.17, 15) is 9.59 Å². The minimum atomic E-state index is -0.282. The first-order valence-corrected chi connectivity index (χ1v) is 7.15. The van der Waals surface area contributed by atoms with Gasteiger partial charge < -0.3 is 9.47 Å². The number of ether oxygens (including phenoxy) is 2. The summed E-state index contributed by atoms with van der Waals surface area (Å²) in [6.45, 7) is 0.277. The molecule has 2 saturated carbocycles. The molecule has 4 heteroatoms. The van der Waals surface area contributed by atoms with Gasteiger partial charge in [0, 0.05) is 5.92 Å². The van der Waals surface area contributed by atoms with Gasteiger partial charge in [0.15, 0.2) is 0 Å². The Morgan fingerprint density at radius 3 is 2.85 bits per heavy atom. The van der Waals surface area contributed by atoms with Crippen molar-refractivity contribution in [1.82, 2.24) is 0 Å². The van der Waals surface area contributed by atoms with Gasteiger partial charge in [0.05, 0.1) is 11.8 Å². The summed E-state index contributed by atoms with van der Waals surface area (Å²) in [7, 11) is 0. The normalized spacial score (nSPS) is 37.0. The zero-order chi connectivity index (χ0) is 13.7. The number of rotatable bonds is 3. The minimum Gasteiger partial charge on any atom is -0.462 e. The summed E-state index contributed by atoms with van der Waals surface area (Å²) < 4.78 is 10.8. The highest BCUT2D eigenvalue weighted by molar-refractivity contribution is 5.85. The number of hydrogen-bond acceptors (Lipinski definition) is 4. The highest BCUT2D eigenvalue weighted by Gasteiger charge is 2.64. The number of hydrogen-bond donors (Lipinski definition) is 0. The number of carbonyl (C=O) groups is 2. The van der Waals surface area contributed by atoms with E-state index in [-0.39, 0.29) is 48.3 Å². The Morgan fingerprint density at radius 1 is 1.25 bits per heavy atom. The lowest BCUT2D eigenvalue weighted by Crippen LogP contribution is -2.33. The van der Waals surface area contributed by atoms with Crippen LogP contribution >= 0.6 is 0 Å². The third-order valence-corrected chi connectivity index (χ3v) is 4.98. The SMILES string of the molecule is O=C1OC2C[C@H]3C[C@H]2C1[C@H]3C(=O)OCc1ccccc1. The maximum Gasteiger partial charge on any atom is 0.310 e. The molecule has 0 N–H and O–H groups in total. The molecule has 20 heavy (non-hydrogen) atoms. The van der Waals surface area contributed by atoms with Gasteiger partial charge in [-0.3, -0.25) is 9.59 Å². The third kappa shape index (κ3) is 1.67. The van der Waals surface area contributed by atoms with Crippen molar-refractivity contribution in [3.05, 3.63) is 35.9 Å². The smallest absolute Gasteiger partial charge is 0.310 e. The monoisotopic (exact) mass is 272 g/mol. The minimum absolute atomic E-state index is 0.0654. The fourth-order valence-electron chi connectivity index (χ4n) is 4.15. The lowest BCUT2D eigenvalue weighted by Gasteiger charge is -2.22. The zero-order valence-corrected chi connectivity index (χ0v) is 11.0. The van der Waals surface area contributed by atoms with E-state index in [0.717, 1.165) is 18.4 Å². The fraction of sp³-hybridized carbons (Fsp3) is 0.500. The summed E-state index contributed by atoms with van der Waals surface area (Å²) in [5.41, 5.74) is 0.968. The van der Waals surface area contributed by atoms with E-state index in [1.54, 1.807) is 0 Å². The van der Waals surface area contributed by atoms with Crippen molar-refractivity contribution in [3.8, 4) is 0 Å². The van der Waals surface area contributed by atoms with Crippen LogP contribution in [0.4, 0.5) is 0 Å². The van der Waals surface area contributed by atoms with E-state index >= 15 is 0 Å². The maximum atomic E-state index is 12.3. The molecule has 0 spiro atoms. The molecule has 0 aromatic heterocycles. The molecule has 2 aliphatic carbocycles. The molecule has 1 aliphatic heterocycles. The molecular formula is C16H16O4. The molecule has 2 bridgehead atoms. The van der Waals surface area contributed by atoms with Gasteiger partial charge in [0.2, 0.25) is 0 Å². The second-order valence-electron chi connectivity index (χ2n) is 6.02. The van der Waals surface area contributed by atoms with Crippen LogP contribution in [-0.2, 0) is 25.7 Å². The number of carbonyl (C=O) groups excluding carboxylic acids is 2. The summed E-state index contributed by atoms with van der Waals surface area (Å²) >= 11 is 0. The van der Waals surface area contributed by atoms with Crippen molar-refractivity contribution in [3.63, 3.8) is 0 Å².